The van der Waals surface area contributed by atoms with E-state index in [1.165, 1.54) is 11.2 Å². The van der Waals surface area contributed by atoms with Gasteiger partial charge in [-0.3, -0.25) is 14.5 Å². The topological polar surface area (TPSA) is 70.8 Å². The fraction of sp³-hybridized carbons (Fsp3) is 0.130. The van der Waals surface area contributed by atoms with Crippen LogP contribution >= 0.6 is 11.6 Å². The van der Waals surface area contributed by atoms with E-state index in [1.54, 1.807) is 49.4 Å². The molecule has 0 saturated carbocycles. The SMILES string of the molecule is Cc1ccc(/C(O)=C2/C(=O)C(=O)N(c3ccc(Cl)cc3C)C2c2ccco2)cc1. The van der Waals surface area contributed by atoms with Crippen LogP contribution in [0.25, 0.3) is 5.76 Å². The number of rotatable bonds is 3. The van der Waals surface area contributed by atoms with Gasteiger partial charge in [-0.25, -0.2) is 0 Å². The van der Waals surface area contributed by atoms with Gasteiger partial charge in [0, 0.05) is 16.3 Å². The van der Waals surface area contributed by atoms with Crippen molar-refractivity contribution in [2.45, 2.75) is 19.9 Å². The van der Waals surface area contributed by atoms with Crippen molar-refractivity contribution in [2.75, 3.05) is 4.90 Å². The quantitative estimate of drug-likeness (QED) is 0.369. The number of furan rings is 1. The van der Waals surface area contributed by atoms with Crippen molar-refractivity contribution in [2.24, 2.45) is 0 Å². The molecule has 0 aliphatic carbocycles. The summed E-state index contributed by atoms with van der Waals surface area (Å²) in [4.78, 5) is 27.3. The minimum atomic E-state index is -0.883. The van der Waals surface area contributed by atoms with Crippen LogP contribution in [0.1, 0.15) is 28.5 Å². The van der Waals surface area contributed by atoms with E-state index in [0.717, 1.165) is 11.1 Å². The highest BCUT2D eigenvalue weighted by molar-refractivity contribution is 6.51. The van der Waals surface area contributed by atoms with E-state index in [2.05, 4.69) is 0 Å². The number of aliphatic hydroxyl groups excluding tert-OH is 1. The number of amides is 1. The Morgan fingerprint density at radius 2 is 1.79 bits per heavy atom. The first-order chi connectivity index (χ1) is 13.9. The number of halogens is 1. The third-order valence-electron chi connectivity index (χ3n) is 5.00. The molecule has 1 aliphatic rings. The number of hydrogen-bond acceptors (Lipinski definition) is 4. The molecule has 1 aliphatic heterocycles. The Morgan fingerprint density at radius 1 is 1.07 bits per heavy atom. The number of aryl methyl sites for hydroxylation is 2. The van der Waals surface area contributed by atoms with Crippen LogP contribution < -0.4 is 4.90 Å². The number of carbonyl (C=O) groups excluding carboxylic acids is 2. The third kappa shape index (κ3) is 3.23. The second kappa shape index (κ2) is 7.26. The van der Waals surface area contributed by atoms with Crippen LogP contribution in [0.15, 0.2) is 70.9 Å². The number of nitrogens with zero attached hydrogens (tertiary/aromatic N) is 1. The summed E-state index contributed by atoms with van der Waals surface area (Å²) >= 11 is 6.06. The standard InChI is InChI=1S/C23H18ClNO4/c1-13-5-7-15(8-6-13)21(26)19-20(18-4-3-11-29-18)25(23(28)22(19)27)17-10-9-16(24)12-14(17)2/h3-12,20,26H,1-2H3/b21-19-. The lowest BCUT2D eigenvalue weighted by Gasteiger charge is -2.25. The summed E-state index contributed by atoms with van der Waals surface area (Å²) < 4.78 is 5.55. The van der Waals surface area contributed by atoms with Crippen molar-refractivity contribution in [3.63, 3.8) is 0 Å². The number of anilines is 1. The molecule has 0 radical (unpaired) electrons. The largest absolute Gasteiger partial charge is 0.507 e. The van der Waals surface area contributed by atoms with Gasteiger partial charge in [-0.1, -0.05) is 41.4 Å². The van der Waals surface area contributed by atoms with E-state index in [0.29, 0.717) is 22.0 Å². The van der Waals surface area contributed by atoms with Crippen LogP contribution in [0, 0.1) is 13.8 Å². The van der Waals surface area contributed by atoms with Crippen molar-refractivity contribution in [1.29, 1.82) is 0 Å². The molecular weight excluding hydrogens is 390 g/mol. The minimum Gasteiger partial charge on any atom is -0.507 e. The molecule has 2 aromatic carbocycles. The summed E-state index contributed by atoms with van der Waals surface area (Å²) in [5.41, 5.74) is 2.72. The van der Waals surface area contributed by atoms with Gasteiger partial charge in [0.2, 0.25) is 0 Å². The molecule has 6 heteroatoms. The number of benzene rings is 2. The highest BCUT2D eigenvalue weighted by atomic mass is 35.5. The first kappa shape index (κ1) is 19.0. The molecule has 1 aromatic heterocycles. The van der Waals surface area contributed by atoms with Crippen LogP contribution in [-0.4, -0.2) is 16.8 Å². The van der Waals surface area contributed by atoms with Gasteiger partial charge in [0.25, 0.3) is 11.7 Å². The first-order valence-corrected chi connectivity index (χ1v) is 9.44. The second-order valence-electron chi connectivity index (χ2n) is 6.98. The van der Waals surface area contributed by atoms with Crippen molar-refractivity contribution >= 4 is 34.7 Å². The van der Waals surface area contributed by atoms with E-state index in [-0.39, 0.29) is 11.3 Å². The van der Waals surface area contributed by atoms with Crippen LogP contribution in [-0.2, 0) is 9.59 Å². The minimum absolute atomic E-state index is 0.0110. The highest BCUT2D eigenvalue weighted by Crippen LogP contribution is 2.43. The Morgan fingerprint density at radius 3 is 2.41 bits per heavy atom. The molecule has 29 heavy (non-hydrogen) atoms. The lowest BCUT2D eigenvalue weighted by atomic mass is 9.98. The predicted molar refractivity (Wildman–Crippen MR) is 111 cm³/mol. The average Bonchev–Trinajstić information content (AvgIpc) is 3.30. The van der Waals surface area contributed by atoms with Gasteiger partial charge in [-0.15, -0.1) is 0 Å². The number of carbonyl (C=O) groups is 2. The van der Waals surface area contributed by atoms with Crippen LogP contribution in [0.4, 0.5) is 5.69 Å². The van der Waals surface area contributed by atoms with Crippen LogP contribution in [0.5, 0.6) is 0 Å². The predicted octanol–water partition coefficient (Wildman–Crippen LogP) is 5.18. The van der Waals surface area contributed by atoms with Crippen molar-refractivity contribution in [3.05, 3.63) is 93.9 Å². The lowest BCUT2D eigenvalue weighted by molar-refractivity contribution is -0.132. The maximum Gasteiger partial charge on any atom is 0.300 e. The Hall–Kier alpha value is -3.31. The Labute approximate surface area is 172 Å². The number of aliphatic hydroxyl groups is 1. The van der Waals surface area contributed by atoms with Gasteiger partial charge in [-0.2, -0.15) is 0 Å². The number of Topliss-reactive ketones (excluding diaryl/α,β-unsaturated/α-hetero) is 1. The maximum atomic E-state index is 13.0. The normalized spacial score (nSPS) is 18.4. The molecule has 1 amide bonds. The molecule has 146 valence electrons. The zero-order chi connectivity index (χ0) is 20.7. The smallest absolute Gasteiger partial charge is 0.300 e. The molecule has 0 bridgehead atoms. The van der Waals surface area contributed by atoms with E-state index in [9.17, 15) is 14.7 Å². The second-order valence-corrected chi connectivity index (χ2v) is 7.42. The lowest BCUT2D eigenvalue weighted by Crippen LogP contribution is -2.29. The van der Waals surface area contributed by atoms with E-state index in [1.807, 2.05) is 19.1 Å². The van der Waals surface area contributed by atoms with Gasteiger partial charge in [0.15, 0.2) is 0 Å². The molecule has 1 atom stereocenters. The molecule has 1 N–H and O–H groups in total. The molecule has 3 aromatic rings. The molecule has 4 rings (SSSR count). The van der Waals surface area contributed by atoms with Crippen molar-refractivity contribution in [1.82, 2.24) is 0 Å². The Kier molecular flexibility index (Phi) is 4.76. The molecular formula is C23H18ClNO4. The Bertz CT molecular complexity index is 1130. The van der Waals surface area contributed by atoms with Crippen molar-refractivity contribution in [3.8, 4) is 0 Å². The van der Waals surface area contributed by atoms with Gasteiger partial charge >= 0.3 is 0 Å². The fourth-order valence-corrected chi connectivity index (χ4v) is 3.78. The molecule has 1 unspecified atom stereocenters. The van der Waals surface area contributed by atoms with Gasteiger partial charge in [0.05, 0.1) is 11.8 Å². The summed E-state index contributed by atoms with van der Waals surface area (Å²) in [5.74, 6) is -1.35. The highest BCUT2D eigenvalue weighted by Gasteiger charge is 2.48. The summed E-state index contributed by atoms with van der Waals surface area (Å²) in [5, 5.41) is 11.5. The first-order valence-electron chi connectivity index (χ1n) is 9.06. The summed E-state index contributed by atoms with van der Waals surface area (Å²) in [6.45, 7) is 3.73. The van der Waals surface area contributed by atoms with Gasteiger partial charge in [0.1, 0.15) is 17.6 Å². The van der Waals surface area contributed by atoms with Gasteiger partial charge in [-0.05, 0) is 49.7 Å². The van der Waals surface area contributed by atoms with E-state index < -0.39 is 17.7 Å². The Balaban J connectivity index is 1.94. The monoisotopic (exact) mass is 407 g/mol. The third-order valence-corrected chi connectivity index (χ3v) is 5.24. The van der Waals surface area contributed by atoms with Gasteiger partial charge < -0.3 is 9.52 Å². The number of ketones is 1. The van der Waals surface area contributed by atoms with Crippen LogP contribution in [0.3, 0.4) is 0 Å². The van der Waals surface area contributed by atoms with E-state index in [4.69, 9.17) is 16.0 Å². The molecule has 0 spiro atoms. The van der Waals surface area contributed by atoms with Crippen LogP contribution in [0.2, 0.25) is 5.02 Å². The zero-order valence-corrected chi connectivity index (χ0v) is 16.6. The number of hydrogen-bond donors (Lipinski definition) is 1. The maximum absolute atomic E-state index is 13.0. The average molecular weight is 408 g/mol. The zero-order valence-electron chi connectivity index (χ0n) is 15.8. The fourth-order valence-electron chi connectivity index (χ4n) is 3.55. The summed E-state index contributed by atoms with van der Waals surface area (Å²) in [6, 6.07) is 14.6. The molecule has 1 saturated heterocycles. The molecule has 1 fully saturated rings. The molecule has 5 nitrogen and oxygen atoms in total. The summed E-state index contributed by atoms with van der Waals surface area (Å²) in [6.07, 6.45) is 1.47. The summed E-state index contributed by atoms with van der Waals surface area (Å²) in [7, 11) is 0. The molecule has 2 heterocycles. The van der Waals surface area contributed by atoms with E-state index >= 15 is 0 Å². The van der Waals surface area contributed by atoms with Crippen molar-refractivity contribution < 1.29 is 19.1 Å².